The second kappa shape index (κ2) is 13.9. The van der Waals surface area contributed by atoms with Crippen LogP contribution in [0.1, 0.15) is 24.0 Å². The number of hydrogen-bond acceptors (Lipinski definition) is 5. The molecule has 0 aromatic heterocycles. The van der Waals surface area contributed by atoms with Crippen molar-refractivity contribution in [1.29, 1.82) is 0 Å². The molecular formula is C38H40ClN3O5. The van der Waals surface area contributed by atoms with Gasteiger partial charge in [0.2, 0.25) is 11.8 Å². The van der Waals surface area contributed by atoms with Gasteiger partial charge in [-0.05, 0) is 42.5 Å². The van der Waals surface area contributed by atoms with Gasteiger partial charge in [-0.15, -0.1) is 13.2 Å². The molecule has 3 fully saturated rings. The first-order valence-electron chi connectivity index (χ1n) is 16.1. The van der Waals surface area contributed by atoms with Gasteiger partial charge in [0.25, 0.3) is 5.91 Å². The van der Waals surface area contributed by atoms with Crippen LogP contribution in [0.3, 0.4) is 0 Å². The summed E-state index contributed by atoms with van der Waals surface area (Å²) in [5, 5.41) is 11.2. The maximum atomic E-state index is 15.0. The van der Waals surface area contributed by atoms with Crippen molar-refractivity contribution in [3.05, 3.63) is 126 Å². The third-order valence-corrected chi connectivity index (χ3v) is 10.1. The van der Waals surface area contributed by atoms with Gasteiger partial charge >= 0.3 is 0 Å². The molecule has 1 spiro atoms. The average Bonchev–Trinajstić information content (AvgIpc) is 3.74. The molecule has 0 aliphatic carbocycles. The smallest absolute Gasteiger partial charge is 0.253 e. The first kappa shape index (κ1) is 32.7. The average molecular weight is 654 g/mol. The number of benzene rings is 3. The monoisotopic (exact) mass is 653 g/mol. The van der Waals surface area contributed by atoms with Gasteiger partial charge in [0.1, 0.15) is 11.6 Å². The number of aliphatic hydroxyl groups is 1. The van der Waals surface area contributed by atoms with Crippen LogP contribution in [-0.4, -0.2) is 76.1 Å². The topological polar surface area (TPSA) is 90.4 Å². The van der Waals surface area contributed by atoms with E-state index in [1.54, 1.807) is 41.3 Å². The van der Waals surface area contributed by atoms with Gasteiger partial charge in [0.05, 0.1) is 41.3 Å². The Bertz CT molecular complexity index is 1630. The Balaban J connectivity index is 1.43. The highest BCUT2D eigenvalue weighted by Gasteiger charge is 2.75. The predicted molar refractivity (Wildman–Crippen MR) is 182 cm³/mol. The Labute approximate surface area is 280 Å². The number of hydrogen-bond donors (Lipinski definition) is 1. The summed E-state index contributed by atoms with van der Waals surface area (Å²) >= 11 is 6.61. The maximum Gasteiger partial charge on any atom is 0.253 e. The molecule has 3 aliphatic rings. The van der Waals surface area contributed by atoms with E-state index in [1.165, 1.54) is 9.80 Å². The van der Waals surface area contributed by atoms with Crippen molar-refractivity contribution in [2.45, 2.75) is 49.6 Å². The number of aliphatic hydroxyl groups excluding tert-OH is 1. The molecule has 0 radical (unpaired) electrons. The molecule has 3 saturated heterocycles. The molecule has 2 bridgehead atoms. The Morgan fingerprint density at radius 3 is 2.23 bits per heavy atom. The molecule has 6 atom stereocenters. The van der Waals surface area contributed by atoms with Crippen LogP contribution in [0.25, 0.3) is 0 Å². The van der Waals surface area contributed by atoms with Crippen LogP contribution in [0, 0.1) is 11.8 Å². The highest BCUT2D eigenvalue weighted by atomic mass is 35.5. The normalized spacial score (nSPS) is 24.9. The van der Waals surface area contributed by atoms with Crippen molar-refractivity contribution in [2.24, 2.45) is 11.8 Å². The molecule has 2 unspecified atom stereocenters. The molecule has 3 aliphatic heterocycles. The van der Waals surface area contributed by atoms with Crippen LogP contribution >= 0.6 is 11.6 Å². The second-order valence-corrected chi connectivity index (χ2v) is 12.9. The first-order valence-corrected chi connectivity index (χ1v) is 16.5. The second-order valence-electron chi connectivity index (χ2n) is 12.5. The van der Waals surface area contributed by atoms with E-state index in [9.17, 15) is 19.5 Å². The summed E-state index contributed by atoms with van der Waals surface area (Å²) in [7, 11) is 0. The van der Waals surface area contributed by atoms with Gasteiger partial charge in [-0.3, -0.25) is 14.4 Å². The summed E-state index contributed by atoms with van der Waals surface area (Å²) in [6.07, 6.45) is 4.05. The van der Waals surface area contributed by atoms with Gasteiger partial charge < -0.3 is 24.5 Å². The molecule has 0 saturated carbocycles. The van der Waals surface area contributed by atoms with Gasteiger partial charge in [-0.2, -0.15) is 0 Å². The molecule has 3 heterocycles. The summed E-state index contributed by atoms with van der Waals surface area (Å²) in [5.41, 5.74) is 1.09. The van der Waals surface area contributed by atoms with E-state index in [0.717, 1.165) is 11.1 Å². The Kier molecular flexibility index (Phi) is 9.64. The van der Waals surface area contributed by atoms with Gasteiger partial charge in [-0.25, -0.2) is 0 Å². The number of likely N-dealkylation sites (tertiary alicyclic amines) is 1. The van der Waals surface area contributed by atoms with Crippen LogP contribution in [0.2, 0.25) is 5.02 Å². The van der Waals surface area contributed by atoms with E-state index in [-0.39, 0.29) is 30.9 Å². The van der Waals surface area contributed by atoms with E-state index < -0.39 is 35.6 Å². The third-order valence-electron chi connectivity index (χ3n) is 9.77. The molecule has 47 heavy (non-hydrogen) atoms. The number of nitrogens with zero attached hydrogens (tertiary/aromatic N) is 3. The van der Waals surface area contributed by atoms with Crippen LogP contribution in [0.5, 0.6) is 0 Å². The number of ether oxygens (including phenoxy) is 1. The largest absolute Gasteiger partial charge is 0.394 e. The number of amides is 3. The molecule has 3 amide bonds. The van der Waals surface area contributed by atoms with Crippen LogP contribution in [0.4, 0.5) is 5.69 Å². The summed E-state index contributed by atoms with van der Waals surface area (Å²) in [5.74, 6) is -2.63. The lowest BCUT2D eigenvalue weighted by Gasteiger charge is -2.39. The van der Waals surface area contributed by atoms with Crippen molar-refractivity contribution >= 4 is 35.0 Å². The van der Waals surface area contributed by atoms with E-state index in [2.05, 4.69) is 13.2 Å². The molecule has 8 nitrogen and oxygen atoms in total. The van der Waals surface area contributed by atoms with Crippen LogP contribution < -0.4 is 4.90 Å². The zero-order valence-electron chi connectivity index (χ0n) is 26.3. The molecule has 244 valence electrons. The number of rotatable bonds is 13. The standard InChI is InChI=1S/C38H40ClN3O5/c1-3-21-40(24-27-15-9-6-10-16-27)35(44)32-31-19-20-38(47-31)33(32)36(45)42(28(25-43)23-26-13-7-5-8-14-26)34(38)37(46)41(22-4-2)30-18-12-11-17-29(30)39/h3-18,28,31-34,43H,1-2,19-25H2/t28-,31-,32+,33+,34?,38?/m1/s1. The molecule has 9 heteroatoms. The van der Waals surface area contributed by atoms with E-state index in [1.807, 2.05) is 60.7 Å². The maximum absolute atomic E-state index is 15.0. The lowest BCUT2D eigenvalue weighted by atomic mass is 9.70. The fourth-order valence-corrected chi connectivity index (χ4v) is 8.08. The molecular weight excluding hydrogens is 614 g/mol. The lowest BCUT2D eigenvalue weighted by Crippen LogP contribution is -2.59. The predicted octanol–water partition coefficient (Wildman–Crippen LogP) is 5.05. The highest BCUT2D eigenvalue weighted by Crippen LogP contribution is 2.59. The summed E-state index contributed by atoms with van der Waals surface area (Å²) < 4.78 is 6.75. The third kappa shape index (κ3) is 5.90. The Morgan fingerprint density at radius 1 is 0.957 bits per heavy atom. The minimum Gasteiger partial charge on any atom is -0.394 e. The van der Waals surface area contributed by atoms with Crippen molar-refractivity contribution in [3.8, 4) is 0 Å². The number of anilines is 1. The highest BCUT2D eigenvalue weighted by molar-refractivity contribution is 6.34. The molecule has 6 rings (SSSR count). The molecule has 1 N–H and O–H groups in total. The fraction of sp³-hybridized carbons (Fsp3) is 0.342. The Morgan fingerprint density at radius 2 is 1.60 bits per heavy atom. The van der Waals surface area contributed by atoms with Crippen molar-refractivity contribution in [2.75, 3.05) is 24.6 Å². The fourth-order valence-electron chi connectivity index (χ4n) is 7.84. The van der Waals surface area contributed by atoms with Crippen molar-refractivity contribution in [1.82, 2.24) is 9.80 Å². The summed E-state index contributed by atoms with van der Waals surface area (Å²) in [6.45, 7) is 8.16. The van der Waals surface area contributed by atoms with E-state index in [0.29, 0.717) is 43.1 Å². The summed E-state index contributed by atoms with van der Waals surface area (Å²) in [4.78, 5) is 49.0. The number of fused-ring (bicyclic) bond motifs is 1. The van der Waals surface area contributed by atoms with Gasteiger partial charge in [0.15, 0.2) is 0 Å². The van der Waals surface area contributed by atoms with Gasteiger partial charge in [0, 0.05) is 19.6 Å². The zero-order chi connectivity index (χ0) is 33.1. The SMILES string of the molecule is C=CCN(Cc1ccccc1)C(=O)[C@@H]1[C@H]2C(=O)N([C@@H](CO)Cc3ccccc3)C(C(=O)N(CC=C)c3ccccc3Cl)C23CC[C@H]1O3. The number of carbonyl (C=O) groups is 3. The molecule has 3 aromatic rings. The van der Waals surface area contributed by atoms with Crippen molar-refractivity contribution in [3.63, 3.8) is 0 Å². The minimum atomic E-state index is -1.25. The molecule has 3 aromatic carbocycles. The van der Waals surface area contributed by atoms with Crippen molar-refractivity contribution < 1.29 is 24.2 Å². The number of carbonyl (C=O) groups excluding carboxylic acids is 3. The first-order chi connectivity index (χ1) is 22.8. The van der Waals surface area contributed by atoms with Crippen LogP contribution in [0.15, 0.2) is 110 Å². The van der Waals surface area contributed by atoms with E-state index >= 15 is 0 Å². The lowest BCUT2D eigenvalue weighted by molar-refractivity contribution is -0.147. The minimum absolute atomic E-state index is 0.139. The summed E-state index contributed by atoms with van der Waals surface area (Å²) in [6, 6.07) is 24.4. The van der Waals surface area contributed by atoms with Crippen LogP contribution in [-0.2, 0) is 32.1 Å². The zero-order valence-corrected chi connectivity index (χ0v) is 27.0. The number of para-hydroxylation sites is 1. The van der Waals surface area contributed by atoms with Gasteiger partial charge in [-0.1, -0.05) is 96.5 Å². The Hall–Kier alpha value is -4.24. The van der Waals surface area contributed by atoms with E-state index in [4.69, 9.17) is 16.3 Å². The quantitative estimate of drug-likeness (QED) is 0.261. The number of halogens is 1.